The molecule has 1 saturated carbocycles. The maximum Gasteiger partial charge on any atom is 0.433 e. The van der Waals surface area contributed by atoms with E-state index in [0.717, 1.165) is 58.2 Å². The molecule has 0 aromatic carbocycles. The molecule has 0 spiro atoms. The third-order valence-electron chi connectivity index (χ3n) is 6.96. The summed E-state index contributed by atoms with van der Waals surface area (Å²) < 4.78 is 45.9. The Kier molecular flexibility index (Phi) is 7.40. The van der Waals surface area contributed by atoms with Crippen molar-refractivity contribution in [2.75, 3.05) is 46.4 Å². The zero-order chi connectivity index (χ0) is 23.6. The smallest absolute Gasteiger partial charge is 0.383 e. The summed E-state index contributed by atoms with van der Waals surface area (Å²) in [5.74, 6) is 0.410. The van der Waals surface area contributed by atoms with Crippen LogP contribution in [0.2, 0.25) is 0 Å². The minimum atomic E-state index is -4.44. The van der Waals surface area contributed by atoms with Crippen LogP contribution in [0, 0.1) is 0 Å². The Bertz CT molecular complexity index is 904. The van der Waals surface area contributed by atoms with Crippen molar-refractivity contribution < 1.29 is 17.9 Å². The molecule has 4 rings (SSSR count). The summed E-state index contributed by atoms with van der Waals surface area (Å²) in [6.07, 6.45) is 0.220. The van der Waals surface area contributed by atoms with Crippen LogP contribution in [0.25, 0.3) is 11.3 Å². The highest BCUT2D eigenvalue weighted by molar-refractivity contribution is 5.58. The lowest BCUT2D eigenvalue weighted by Gasteiger charge is -2.38. The molecule has 9 heteroatoms. The second kappa shape index (κ2) is 10.1. The molecule has 2 aliphatic rings. The van der Waals surface area contributed by atoms with Gasteiger partial charge in [0.15, 0.2) is 0 Å². The summed E-state index contributed by atoms with van der Waals surface area (Å²) in [7, 11) is 1.75. The van der Waals surface area contributed by atoms with Crippen molar-refractivity contribution in [3.63, 3.8) is 0 Å². The highest BCUT2D eigenvalue weighted by Crippen LogP contribution is 2.39. The monoisotopic (exact) mass is 465 g/mol. The topological polar surface area (TPSA) is 46.4 Å². The summed E-state index contributed by atoms with van der Waals surface area (Å²) in [6.45, 7) is 10.3. The summed E-state index contributed by atoms with van der Waals surface area (Å²) in [4.78, 5) is 8.70. The second-order valence-electron chi connectivity index (χ2n) is 9.46. The molecular formula is C24H34F3N5O. The number of rotatable bonds is 7. The number of hydrogen-bond acceptors (Lipinski definition) is 5. The van der Waals surface area contributed by atoms with Gasteiger partial charge >= 0.3 is 6.18 Å². The molecule has 1 saturated heterocycles. The first kappa shape index (κ1) is 24.2. The molecule has 1 aliphatic carbocycles. The lowest BCUT2D eigenvalue weighted by molar-refractivity contribution is -0.141. The predicted molar refractivity (Wildman–Crippen MR) is 121 cm³/mol. The molecule has 2 aromatic rings. The Morgan fingerprint density at radius 3 is 2.48 bits per heavy atom. The van der Waals surface area contributed by atoms with Crippen LogP contribution in [0.5, 0.6) is 0 Å². The molecule has 6 nitrogen and oxygen atoms in total. The van der Waals surface area contributed by atoms with Crippen molar-refractivity contribution >= 4 is 0 Å². The third kappa shape index (κ3) is 5.58. The average molecular weight is 466 g/mol. The molecular weight excluding hydrogens is 431 g/mol. The van der Waals surface area contributed by atoms with E-state index in [4.69, 9.17) is 9.84 Å². The van der Waals surface area contributed by atoms with Crippen molar-refractivity contribution in [2.24, 2.45) is 0 Å². The van der Waals surface area contributed by atoms with Gasteiger partial charge in [-0.15, -0.1) is 0 Å². The van der Waals surface area contributed by atoms with Crippen LogP contribution >= 0.6 is 0 Å². The normalized spacial score (nSPS) is 23.0. The third-order valence-corrected chi connectivity index (χ3v) is 6.96. The predicted octanol–water partition coefficient (Wildman–Crippen LogP) is 4.44. The van der Waals surface area contributed by atoms with Crippen LogP contribution in [0.1, 0.15) is 56.5 Å². The first-order chi connectivity index (χ1) is 15.8. The van der Waals surface area contributed by atoms with E-state index in [1.807, 2.05) is 4.68 Å². The number of pyridine rings is 1. The number of halogens is 3. The van der Waals surface area contributed by atoms with Gasteiger partial charge in [0.1, 0.15) is 5.69 Å². The highest BCUT2D eigenvalue weighted by Gasteiger charge is 2.35. The van der Waals surface area contributed by atoms with Crippen LogP contribution in [-0.2, 0) is 10.9 Å². The molecule has 3 heterocycles. The highest BCUT2D eigenvalue weighted by atomic mass is 19.4. The summed E-state index contributed by atoms with van der Waals surface area (Å²) in [5, 5.41) is 4.76. The molecule has 1 aliphatic heterocycles. The van der Waals surface area contributed by atoms with Crippen LogP contribution in [0.3, 0.4) is 0 Å². The summed E-state index contributed by atoms with van der Waals surface area (Å²) >= 11 is 0. The van der Waals surface area contributed by atoms with E-state index in [9.17, 15) is 13.2 Å². The van der Waals surface area contributed by atoms with E-state index in [2.05, 4.69) is 34.7 Å². The van der Waals surface area contributed by atoms with Gasteiger partial charge in [-0.2, -0.15) is 18.3 Å². The van der Waals surface area contributed by atoms with E-state index in [0.29, 0.717) is 23.2 Å². The second-order valence-corrected chi connectivity index (χ2v) is 9.46. The van der Waals surface area contributed by atoms with Crippen molar-refractivity contribution in [2.45, 2.75) is 57.3 Å². The summed E-state index contributed by atoms with van der Waals surface area (Å²) in [6, 6.07) is 5.31. The first-order valence-corrected chi connectivity index (χ1v) is 11.8. The fraction of sp³-hybridized carbons (Fsp3) is 0.667. The largest absolute Gasteiger partial charge is 0.433 e. The molecule has 2 aromatic heterocycles. The van der Waals surface area contributed by atoms with Crippen molar-refractivity contribution in [3.8, 4) is 11.3 Å². The fourth-order valence-corrected chi connectivity index (χ4v) is 5.11. The SMILES string of the molecule is COCCN1CCN([C@H]2CC[C@@H](c3cc(-c4ccc(C(F)(F)F)nc4)nn3C(C)C)C2)CC1. The molecule has 2 fully saturated rings. The van der Waals surface area contributed by atoms with Gasteiger partial charge < -0.3 is 4.74 Å². The van der Waals surface area contributed by atoms with Gasteiger partial charge in [0, 0.05) is 75.3 Å². The van der Waals surface area contributed by atoms with Crippen molar-refractivity contribution in [1.82, 2.24) is 24.6 Å². The van der Waals surface area contributed by atoms with Gasteiger partial charge in [-0.1, -0.05) is 0 Å². The minimum absolute atomic E-state index is 0.180. The number of alkyl halides is 3. The Labute approximate surface area is 193 Å². The van der Waals surface area contributed by atoms with Gasteiger partial charge in [-0.3, -0.25) is 19.5 Å². The van der Waals surface area contributed by atoms with Gasteiger partial charge in [0.2, 0.25) is 0 Å². The first-order valence-electron chi connectivity index (χ1n) is 11.8. The Hall–Kier alpha value is -1.97. The molecule has 0 radical (unpaired) electrons. The van der Waals surface area contributed by atoms with Gasteiger partial charge in [-0.25, -0.2) is 0 Å². The Morgan fingerprint density at radius 2 is 1.88 bits per heavy atom. The molecule has 182 valence electrons. The van der Waals surface area contributed by atoms with Gasteiger partial charge in [0.25, 0.3) is 0 Å². The molecule has 33 heavy (non-hydrogen) atoms. The average Bonchev–Trinajstić information content (AvgIpc) is 3.45. The zero-order valence-corrected chi connectivity index (χ0v) is 19.7. The Morgan fingerprint density at radius 1 is 1.12 bits per heavy atom. The maximum atomic E-state index is 12.9. The lowest BCUT2D eigenvalue weighted by Crippen LogP contribution is -2.50. The van der Waals surface area contributed by atoms with Crippen molar-refractivity contribution in [3.05, 3.63) is 35.8 Å². The minimum Gasteiger partial charge on any atom is -0.383 e. The lowest BCUT2D eigenvalue weighted by atomic mass is 10.0. The van der Waals surface area contributed by atoms with Gasteiger partial charge in [0.05, 0.1) is 12.3 Å². The molecule has 0 N–H and O–H groups in total. The standard InChI is InChI=1S/C24H34F3N5O/c1-17(2)32-22(15-21(29-32)19-5-7-23(28-16-19)24(25,26)27)18-4-6-20(14-18)31-10-8-30(9-11-31)12-13-33-3/h5,7,15-18,20H,4,6,8-14H2,1-3H3/t18-,20+/m1/s1. The van der Waals surface area contributed by atoms with Crippen LogP contribution < -0.4 is 0 Å². The number of ether oxygens (including phenoxy) is 1. The van der Waals surface area contributed by atoms with E-state index in [1.54, 1.807) is 7.11 Å². The number of nitrogens with zero attached hydrogens (tertiary/aromatic N) is 5. The molecule has 2 atom stereocenters. The summed E-state index contributed by atoms with van der Waals surface area (Å²) in [5.41, 5.74) is 1.61. The fourth-order valence-electron chi connectivity index (χ4n) is 5.11. The van der Waals surface area contributed by atoms with E-state index in [1.165, 1.54) is 24.4 Å². The maximum absolute atomic E-state index is 12.9. The quantitative estimate of drug-likeness (QED) is 0.605. The number of piperazine rings is 1. The number of hydrogen-bond donors (Lipinski definition) is 0. The van der Waals surface area contributed by atoms with Gasteiger partial charge in [-0.05, 0) is 51.3 Å². The number of methoxy groups -OCH3 is 1. The van der Waals surface area contributed by atoms with Crippen LogP contribution in [0.15, 0.2) is 24.4 Å². The molecule has 0 bridgehead atoms. The molecule has 0 unspecified atom stereocenters. The van der Waals surface area contributed by atoms with Crippen molar-refractivity contribution in [1.29, 1.82) is 0 Å². The van der Waals surface area contributed by atoms with Crippen LogP contribution in [-0.4, -0.2) is 77.0 Å². The number of aromatic nitrogens is 3. The zero-order valence-electron chi connectivity index (χ0n) is 19.7. The molecule has 0 amide bonds. The van der Waals surface area contributed by atoms with Crippen LogP contribution in [0.4, 0.5) is 13.2 Å². The van der Waals surface area contributed by atoms with E-state index >= 15 is 0 Å². The Balaban J connectivity index is 1.44. The van der Waals surface area contributed by atoms with E-state index < -0.39 is 11.9 Å². The van der Waals surface area contributed by atoms with E-state index in [-0.39, 0.29) is 6.04 Å².